The van der Waals surface area contributed by atoms with Crippen molar-refractivity contribution in [1.82, 2.24) is 10.2 Å². The Bertz CT molecular complexity index is 1180. The number of allylic oxidation sites excluding steroid dienone is 1. The van der Waals surface area contributed by atoms with Crippen LogP contribution < -0.4 is 10.5 Å². The first kappa shape index (κ1) is 18.0. The van der Waals surface area contributed by atoms with Gasteiger partial charge in [0.15, 0.2) is 11.5 Å². The fraction of sp³-hybridized carbons (Fsp3) is 0.0526. The van der Waals surface area contributed by atoms with E-state index in [0.29, 0.717) is 32.4 Å². The smallest absolute Gasteiger partial charge is 0.244 e. The molecule has 28 heavy (non-hydrogen) atoms. The van der Waals surface area contributed by atoms with Crippen LogP contribution in [0.25, 0.3) is 11.3 Å². The van der Waals surface area contributed by atoms with Crippen LogP contribution in [0.4, 0.5) is 0 Å². The summed E-state index contributed by atoms with van der Waals surface area (Å²) in [6, 6.07) is 11.4. The molecule has 7 nitrogen and oxygen atoms in total. The van der Waals surface area contributed by atoms with E-state index in [1.165, 1.54) is 12.1 Å². The summed E-state index contributed by atoms with van der Waals surface area (Å²) in [6.07, 6.45) is 0. The third-order valence-corrected chi connectivity index (χ3v) is 5.22. The molecular weight excluding hydrogens is 403 g/mol. The molecule has 0 fully saturated rings. The van der Waals surface area contributed by atoms with Crippen molar-refractivity contribution in [3.05, 3.63) is 69.0 Å². The van der Waals surface area contributed by atoms with E-state index in [1.54, 1.807) is 24.3 Å². The van der Waals surface area contributed by atoms with Crippen LogP contribution >= 0.6 is 23.2 Å². The summed E-state index contributed by atoms with van der Waals surface area (Å²) in [5.74, 6) is -1.15. The van der Waals surface area contributed by atoms with Crippen molar-refractivity contribution in [1.29, 1.82) is 5.26 Å². The number of nitriles is 1. The fourth-order valence-electron chi connectivity index (χ4n) is 3.17. The predicted molar refractivity (Wildman–Crippen MR) is 103 cm³/mol. The van der Waals surface area contributed by atoms with E-state index in [4.69, 9.17) is 33.7 Å². The van der Waals surface area contributed by atoms with Crippen molar-refractivity contribution in [3.63, 3.8) is 0 Å². The third kappa shape index (κ3) is 2.80. The lowest BCUT2D eigenvalue weighted by Gasteiger charge is -2.24. The van der Waals surface area contributed by atoms with Gasteiger partial charge in [-0.25, -0.2) is 0 Å². The first-order chi connectivity index (χ1) is 13.4. The van der Waals surface area contributed by atoms with E-state index in [-0.39, 0.29) is 28.8 Å². The number of aromatic hydroxyl groups is 2. The van der Waals surface area contributed by atoms with Gasteiger partial charge >= 0.3 is 0 Å². The van der Waals surface area contributed by atoms with Crippen LogP contribution in [0.3, 0.4) is 0 Å². The van der Waals surface area contributed by atoms with Gasteiger partial charge < -0.3 is 20.7 Å². The number of hydrogen-bond acceptors (Lipinski definition) is 6. The van der Waals surface area contributed by atoms with Crippen LogP contribution in [0.5, 0.6) is 17.4 Å². The Labute approximate surface area is 169 Å². The van der Waals surface area contributed by atoms with Gasteiger partial charge in [0.25, 0.3) is 0 Å². The highest BCUT2D eigenvalue weighted by Gasteiger charge is 2.36. The normalized spacial score (nSPS) is 15.7. The SMILES string of the molecule is N#CC1=C(N)Oc2n[nH]c(-c3ccc(Cl)c(Cl)c3)c2[C@@H]1c1ccc(O)c(O)c1. The van der Waals surface area contributed by atoms with E-state index in [2.05, 4.69) is 16.3 Å². The van der Waals surface area contributed by atoms with Gasteiger partial charge in [-0.2, -0.15) is 5.26 Å². The van der Waals surface area contributed by atoms with Gasteiger partial charge in [-0.1, -0.05) is 35.3 Å². The van der Waals surface area contributed by atoms with Crippen molar-refractivity contribution in [3.8, 4) is 34.7 Å². The first-order valence-corrected chi connectivity index (χ1v) is 8.79. The number of halogens is 2. The zero-order valence-electron chi connectivity index (χ0n) is 14.1. The van der Waals surface area contributed by atoms with Gasteiger partial charge in [-0.05, 0) is 29.8 Å². The minimum Gasteiger partial charge on any atom is -0.504 e. The Morgan fingerprint density at radius 2 is 1.89 bits per heavy atom. The minimum atomic E-state index is -0.677. The molecule has 2 aromatic carbocycles. The maximum atomic E-state index is 9.94. The number of phenols is 2. The molecule has 9 heteroatoms. The summed E-state index contributed by atoms with van der Waals surface area (Å²) in [6.45, 7) is 0. The highest BCUT2D eigenvalue weighted by atomic mass is 35.5. The molecule has 1 aromatic heterocycles. The van der Waals surface area contributed by atoms with Crippen molar-refractivity contribution >= 4 is 23.2 Å². The molecule has 0 aliphatic carbocycles. The summed E-state index contributed by atoms with van der Waals surface area (Å²) in [4.78, 5) is 0. The zero-order valence-corrected chi connectivity index (χ0v) is 15.6. The monoisotopic (exact) mass is 414 g/mol. The van der Waals surface area contributed by atoms with Crippen molar-refractivity contribution in [2.75, 3.05) is 0 Å². The number of aromatic nitrogens is 2. The molecule has 3 aromatic rings. The molecule has 1 aliphatic heterocycles. The van der Waals surface area contributed by atoms with E-state index in [1.807, 2.05) is 0 Å². The average Bonchev–Trinajstić information content (AvgIpc) is 3.08. The predicted octanol–water partition coefficient (Wildman–Crippen LogP) is 4.01. The number of rotatable bonds is 2. The highest BCUT2D eigenvalue weighted by Crippen LogP contribution is 2.47. The van der Waals surface area contributed by atoms with Gasteiger partial charge in [-0.3, -0.25) is 5.10 Å². The molecule has 1 aliphatic rings. The number of phenolic OH excluding ortho intramolecular Hbond substituents is 2. The van der Waals surface area contributed by atoms with Gasteiger partial charge in [0, 0.05) is 5.56 Å². The maximum absolute atomic E-state index is 9.94. The summed E-state index contributed by atoms with van der Waals surface area (Å²) in [7, 11) is 0. The van der Waals surface area contributed by atoms with Crippen molar-refractivity contribution < 1.29 is 14.9 Å². The van der Waals surface area contributed by atoms with E-state index in [9.17, 15) is 15.5 Å². The lowest BCUT2D eigenvalue weighted by atomic mass is 9.83. The quantitative estimate of drug-likeness (QED) is 0.468. The van der Waals surface area contributed by atoms with Crippen LogP contribution in [-0.2, 0) is 0 Å². The fourth-order valence-corrected chi connectivity index (χ4v) is 3.47. The van der Waals surface area contributed by atoms with E-state index in [0.717, 1.165) is 0 Å². The van der Waals surface area contributed by atoms with Gasteiger partial charge in [-0.15, -0.1) is 5.10 Å². The van der Waals surface area contributed by atoms with Crippen LogP contribution in [0.15, 0.2) is 47.9 Å². The largest absolute Gasteiger partial charge is 0.504 e. The maximum Gasteiger partial charge on any atom is 0.244 e. The number of aromatic amines is 1. The summed E-state index contributed by atoms with van der Waals surface area (Å²) in [5, 5.41) is 37.1. The molecule has 0 bridgehead atoms. The van der Waals surface area contributed by atoms with Gasteiger partial charge in [0.2, 0.25) is 11.8 Å². The number of nitrogens with zero attached hydrogens (tertiary/aromatic N) is 2. The second-order valence-corrected chi connectivity index (χ2v) is 6.93. The molecule has 0 radical (unpaired) electrons. The number of benzene rings is 2. The molecule has 5 N–H and O–H groups in total. The molecule has 0 unspecified atom stereocenters. The molecule has 1 atom stereocenters. The molecule has 0 amide bonds. The lowest BCUT2D eigenvalue weighted by Crippen LogP contribution is -2.20. The van der Waals surface area contributed by atoms with E-state index < -0.39 is 5.92 Å². The number of fused-ring (bicyclic) bond motifs is 1. The van der Waals surface area contributed by atoms with Gasteiger partial charge in [0.05, 0.1) is 27.2 Å². The minimum absolute atomic E-state index is 0.0836. The molecular formula is C19H12Cl2N4O3. The Morgan fingerprint density at radius 1 is 1.11 bits per heavy atom. The van der Waals surface area contributed by atoms with E-state index >= 15 is 0 Å². The highest BCUT2D eigenvalue weighted by molar-refractivity contribution is 6.42. The number of nitrogens with one attached hydrogen (secondary N) is 1. The summed E-state index contributed by atoms with van der Waals surface area (Å²) >= 11 is 12.2. The summed E-state index contributed by atoms with van der Waals surface area (Å²) < 4.78 is 5.52. The zero-order chi connectivity index (χ0) is 20.0. The van der Waals surface area contributed by atoms with Crippen molar-refractivity contribution in [2.24, 2.45) is 5.73 Å². The Hall–Kier alpha value is -3.34. The van der Waals surface area contributed by atoms with Crippen LogP contribution in [0.2, 0.25) is 10.0 Å². The third-order valence-electron chi connectivity index (χ3n) is 4.48. The molecule has 0 saturated carbocycles. The van der Waals surface area contributed by atoms with Gasteiger partial charge in [0.1, 0.15) is 11.6 Å². The molecule has 0 spiro atoms. The molecule has 0 saturated heterocycles. The van der Waals surface area contributed by atoms with Crippen molar-refractivity contribution in [2.45, 2.75) is 5.92 Å². The number of H-pyrrole nitrogens is 1. The van der Waals surface area contributed by atoms with Crippen LogP contribution in [0.1, 0.15) is 17.0 Å². The van der Waals surface area contributed by atoms with Crippen LogP contribution in [0, 0.1) is 11.3 Å². The average molecular weight is 415 g/mol. The molecule has 2 heterocycles. The standard InChI is InChI=1S/C19H12Cl2N4O3/c20-11-3-1-9(5-12(11)21)17-16-15(8-2-4-13(26)14(27)6-8)10(7-22)18(23)28-19(16)25-24-17/h1-6,15,26-27H,23H2,(H,24,25)/t15-/m1/s1. The number of hydrogen-bond donors (Lipinski definition) is 4. The Balaban J connectivity index is 1.96. The second kappa shape index (κ2) is 6.68. The molecule has 140 valence electrons. The number of nitrogens with two attached hydrogens (primary N) is 1. The topological polar surface area (TPSA) is 128 Å². The molecule has 4 rings (SSSR count). The Kier molecular flexibility index (Phi) is 4.30. The summed E-state index contributed by atoms with van der Waals surface area (Å²) in [5.41, 5.74) is 8.40. The Morgan fingerprint density at radius 3 is 2.57 bits per heavy atom. The van der Waals surface area contributed by atoms with Crippen LogP contribution in [-0.4, -0.2) is 20.4 Å². The second-order valence-electron chi connectivity index (χ2n) is 6.12. The first-order valence-electron chi connectivity index (χ1n) is 8.04. The lowest BCUT2D eigenvalue weighted by molar-refractivity contribution is 0.378. The number of ether oxygens (including phenoxy) is 1.